The molecule has 2 saturated heterocycles. The van der Waals surface area contributed by atoms with Crippen molar-refractivity contribution in [3.63, 3.8) is 0 Å². The van der Waals surface area contributed by atoms with Crippen LogP contribution in [-0.2, 0) is 4.74 Å². The van der Waals surface area contributed by atoms with Crippen molar-refractivity contribution in [1.29, 1.82) is 0 Å². The lowest BCUT2D eigenvalue weighted by Crippen LogP contribution is -2.68. The van der Waals surface area contributed by atoms with Crippen molar-refractivity contribution in [2.75, 3.05) is 19.6 Å². The summed E-state index contributed by atoms with van der Waals surface area (Å²) >= 11 is 0. The zero-order chi connectivity index (χ0) is 15.9. The van der Waals surface area contributed by atoms with Crippen molar-refractivity contribution in [3.05, 3.63) is 0 Å². The van der Waals surface area contributed by atoms with Gasteiger partial charge >= 0.3 is 0 Å². The fourth-order valence-corrected chi connectivity index (χ4v) is 5.25. The average molecular weight is 336 g/mol. The Morgan fingerprint density at radius 3 is 1.73 bits per heavy atom. The van der Waals surface area contributed by atoms with E-state index >= 15 is 0 Å². The first-order chi connectivity index (χ1) is 10.3. The van der Waals surface area contributed by atoms with Gasteiger partial charge in [0.25, 0.3) is 0 Å². The number of ether oxygens (including phenoxy) is 1. The molecule has 4 rings (SSSR count). The van der Waals surface area contributed by atoms with E-state index < -0.39 is 10.2 Å². The molecule has 22 heavy (non-hydrogen) atoms. The number of rotatable bonds is 0. The lowest BCUT2D eigenvalue weighted by atomic mass is 9.84. The van der Waals surface area contributed by atoms with Crippen LogP contribution < -0.4 is 18.6 Å². The van der Waals surface area contributed by atoms with Gasteiger partial charge in [0.1, 0.15) is 12.1 Å². The molecule has 7 heteroatoms. The molecule has 0 aromatic rings. The van der Waals surface area contributed by atoms with Crippen molar-refractivity contribution in [3.8, 4) is 0 Å². The van der Waals surface area contributed by atoms with E-state index in [4.69, 9.17) is 23.4 Å². The third-order valence-corrected chi connectivity index (χ3v) is 6.18. The van der Waals surface area contributed by atoms with Gasteiger partial charge < -0.3 is 4.74 Å². The van der Waals surface area contributed by atoms with Crippen LogP contribution in [0.25, 0.3) is 0 Å². The Hall–Kier alpha value is 0.0500. The molecule has 2 aliphatic heterocycles. The summed E-state index contributed by atoms with van der Waals surface area (Å²) < 4.78 is 42.2. The number of hydrogen-bond donors (Lipinski definition) is 0. The largest absolute Gasteiger partial charge is 0.314 e. The minimum atomic E-state index is -4.94. The smallest absolute Gasteiger partial charge is 0.204 e. The molecule has 2 saturated carbocycles. The predicted octanol–water partition coefficient (Wildman–Crippen LogP) is -1.55. The van der Waals surface area contributed by atoms with E-state index in [1.165, 1.54) is 88.3 Å². The van der Waals surface area contributed by atoms with Crippen LogP contribution in [0.4, 0.5) is 0 Å². The van der Waals surface area contributed by atoms with Crippen molar-refractivity contribution >= 4 is 0 Å². The van der Waals surface area contributed by atoms with Crippen LogP contribution in [-0.4, -0.2) is 35.4 Å². The summed E-state index contributed by atoms with van der Waals surface area (Å²) in [5.74, 6) is 0. The monoisotopic (exact) mass is 335 g/mol. The maximum Gasteiger partial charge on any atom is 0.204 e. The number of halogens is 1. The zero-order valence-electron chi connectivity index (χ0n) is 13.1. The molecular formula is C15H26ClNO5. The Bertz CT molecular complexity index is 389. The zero-order valence-corrected chi connectivity index (χ0v) is 13.8. The molecule has 4 fully saturated rings. The molecule has 3 spiro atoms. The van der Waals surface area contributed by atoms with E-state index in [1.807, 2.05) is 0 Å². The van der Waals surface area contributed by atoms with Crippen LogP contribution in [0.5, 0.6) is 0 Å². The van der Waals surface area contributed by atoms with Crippen molar-refractivity contribution in [1.82, 2.24) is 0 Å². The number of quaternary nitrogens is 1. The molecule has 0 aromatic heterocycles. The third kappa shape index (κ3) is 3.15. The minimum absolute atomic E-state index is 0.299. The lowest BCUT2D eigenvalue weighted by Gasteiger charge is -2.49. The normalized spacial score (nSPS) is 31.1. The Balaban J connectivity index is 0.000000254. The van der Waals surface area contributed by atoms with Crippen LogP contribution >= 0.6 is 0 Å². The highest BCUT2D eigenvalue weighted by Gasteiger charge is 2.68. The van der Waals surface area contributed by atoms with Crippen LogP contribution in [0.2, 0.25) is 0 Å². The van der Waals surface area contributed by atoms with Crippen molar-refractivity contribution < 1.29 is 38.1 Å². The van der Waals surface area contributed by atoms with E-state index in [0.29, 0.717) is 11.3 Å². The van der Waals surface area contributed by atoms with Gasteiger partial charge in [-0.3, -0.25) is 4.48 Å². The van der Waals surface area contributed by atoms with Crippen LogP contribution in [0.1, 0.15) is 64.2 Å². The van der Waals surface area contributed by atoms with E-state index in [2.05, 4.69) is 0 Å². The second-order valence-electron chi connectivity index (χ2n) is 7.48. The first kappa shape index (κ1) is 16.9. The topological polar surface area (TPSA) is 101 Å². The van der Waals surface area contributed by atoms with E-state index in [9.17, 15) is 0 Å². The number of fused-ring (bicyclic) bond motifs is 1. The van der Waals surface area contributed by atoms with Gasteiger partial charge in [0.2, 0.25) is 5.72 Å². The molecule has 0 bridgehead atoms. The molecule has 0 radical (unpaired) electrons. The summed E-state index contributed by atoms with van der Waals surface area (Å²) in [6.45, 7) is 4.20. The fourth-order valence-electron chi connectivity index (χ4n) is 5.25. The molecule has 2 aliphatic carbocycles. The highest BCUT2D eigenvalue weighted by atomic mass is 35.7. The second kappa shape index (κ2) is 5.84. The molecule has 4 aliphatic rings. The first-order valence-corrected chi connectivity index (χ1v) is 9.70. The molecule has 2 heterocycles. The molecule has 0 amide bonds. The maximum absolute atomic E-state index is 8.49. The molecule has 6 nitrogen and oxygen atoms in total. The predicted molar refractivity (Wildman–Crippen MR) is 67.6 cm³/mol. The summed E-state index contributed by atoms with van der Waals surface area (Å²) in [6, 6.07) is 0. The molecule has 0 unspecified atom stereocenters. The van der Waals surface area contributed by atoms with E-state index in [0.717, 1.165) is 0 Å². The Labute approximate surface area is 134 Å². The quantitative estimate of drug-likeness (QED) is 0.499. The van der Waals surface area contributed by atoms with Gasteiger partial charge in [0.05, 0.1) is 13.1 Å². The number of hydrogen-bond acceptors (Lipinski definition) is 5. The fraction of sp³-hybridized carbons (Fsp3) is 1.00. The Kier molecular flexibility index (Phi) is 4.49. The molecule has 0 aromatic carbocycles. The third-order valence-electron chi connectivity index (χ3n) is 6.18. The first-order valence-electron chi connectivity index (χ1n) is 8.47. The summed E-state index contributed by atoms with van der Waals surface area (Å²) in [5, 5.41) is 0. The van der Waals surface area contributed by atoms with E-state index in [-0.39, 0.29) is 0 Å². The SMILES string of the molecule is C1CCC2(CC1)C[N+]1(CCCC1)C1(CCC1)O2.[O-][Cl+3]([O-])([O-])[O-]. The van der Waals surface area contributed by atoms with Crippen molar-refractivity contribution in [2.45, 2.75) is 75.5 Å². The Morgan fingerprint density at radius 2 is 1.27 bits per heavy atom. The van der Waals surface area contributed by atoms with Crippen molar-refractivity contribution in [2.24, 2.45) is 0 Å². The average Bonchev–Trinajstić information content (AvgIpc) is 2.92. The molecule has 0 N–H and O–H groups in total. The van der Waals surface area contributed by atoms with Gasteiger partial charge in [-0.25, -0.2) is 18.6 Å². The Morgan fingerprint density at radius 1 is 0.727 bits per heavy atom. The highest BCUT2D eigenvalue weighted by Crippen LogP contribution is 2.56. The van der Waals surface area contributed by atoms with Gasteiger partial charge in [-0.05, 0) is 19.3 Å². The molecule has 128 valence electrons. The van der Waals surface area contributed by atoms with Crippen LogP contribution in [0.3, 0.4) is 0 Å². The van der Waals surface area contributed by atoms with Crippen LogP contribution in [0.15, 0.2) is 0 Å². The standard InChI is InChI=1S/C15H26NO.ClHO4/c1-2-7-14(8-3-1)13-16(11-4-5-12-16)15(17-14)9-6-10-15;2-1(3,4)5/h1-13H2;(H,2,3,4,5)/q+1;/p-1. The number of nitrogens with zero attached hydrogens (tertiary/aromatic N) is 1. The second-order valence-corrected chi connectivity index (χ2v) is 8.24. The van der Waals surface area contributed by atoms with Gasteiger partial charge in [-0.1, -0.05) is 19.3 Å². The van der Waals surface area contributed by atoms with E-state index in [1.54, 1.807) is 0 Å². The molecular weight excluding hydrogens is 310 g/mol. The van der Waals surface area contributed by atoms with Gasteiger partial charge in [-0.2, -0.15) is 0 Å². The summed E-state index contributed by atoms with van der Waals surface area (Å²) in [7, 11) is -4.94. The minimum Gasteiger partial charge on any atom is -0.314 e. The summed E-state index contributed by atoms with van der Waals surface area (Å²) in [6.07, 6.45) is 14.0. The van der Waals surface area contributed by atoms with Gasteiger partial charge in [0, 0.05) is 25.7 Å². The van der Waals surface area contributed by atoms with Gasteiger partial charge in [-0.15, -0.1) is 10.2 Å². The van der Waals surface area contributed by atoms with Gasteiger partial charge in [0.15, 0.2) is 0 Å². The molecule has 0 atom stereocenters. The summed E-state index contributed by atoms with van der Waals surface area (Å²) in [5.41, 5.74) is 0.608. The lowest BCUT2D eigenvalue weighted by molar-refractivity contribution is -2.00. The van der Waals surface area contributed by atoms with Crippen LogP contribution in [0, 0.1) is 10.2 Å². The summed E-state index contributed by atoms with van der Waals surface area (Å²) in [4.78, 5) is 0. The highest BCUT2D eigenvalue weighted by molar-refractivity contribution is 4.98. The maximum atomic E-state index is 8.49.